The van der Waals surface area contributed by atoms with Gasteiger partial charge in [0.05, 0.1) is 12.0 Å². The highest BCUT2D eigenvalue weighted by atomic mass is 32.2. The van der Waals surface area contributed by atoms with Gasteiger partial charge in [0.25, 0.3) is 5.56 Å². The number of hydrogen-bond donors (Lipinski definition) is 0. The first-order valence-electron chi connectivity index (χ1n) is 8.11. The summed E-state index contributed by atoms with van der Waals surface area (Å²) in [7, 11) is 0. The molecule has 140 valence electrons. The molecule has 1 saturated heterocycles. The van der Waals surface area contributed by atoms with Crippen molar-refractivity contribution in [2.24, 2.45) is 0 Å². The molecule has 3 aromatic heterocycles. The van der Waals surface area contributed by atoms with E-state index in [1.165, 1.54) is 51.7 Å². The lowest BCUT2D eigenvalue weighted by atomic mass is 10.2. The standard InChI is InChI=1S/C17H15N3O5S2/c1-10(21)20-12(9-27-15(20)13-3-2-5-24-13)16(23)25-8-11-7-14(22)19-4-6-26-17(19)18-11/h2-7,12,15H,8-9H2,1H3/t12-,15+/m0/s1. The summed E-state index contributed by atoms with van der Waals surface area (Å²) in [6.45, 7) is 1.29. The predicted molar refractivity (Wildman–Crippen MR) is 99.4 cm³/mol. The van der Waals surface area contributed by atoms with E-state index >= 15 is 0 Å². The van der Waals surface area contributed by atoms with Crippen LogP contribution in [0.25, 0.3) is 4.96 Å². The van der Waals surface area contributed by atoms with E-state index in [0.717, 1.165) is 0 Å². The number of nitrogens with zero attached hydrogens (tertiary/aromatic N) is 3. The third-order valence-corrected chi connectivity index (χ3v) is 6.18. The molecule has 8 nitrogen and oxygen atoms in total. The summed E-state index contributed by atoms with van der Waals surface area (Å²) in [6, 6.07) is 4.14. The fraction of sp³-hybridized carbons (Fsp3) is 0.294. The number of thioether (sulfide) groups is 1. The van der Waals surface area contributed by atoms with E-state index in [4.69, 9.17) is 9.15 Å². The molecule has 4 rings (SSSR count). The van der Waals surface area contributed by atoms with Gasteiger partial charge >= 0.3 is 5.97 Å². The molecule has 27 heavy (non-hydrogen) atoms. The number of carbonyl (C=O) groups excluding carboxylic acids is 2. The van der Waals surface area contributed by atoms with Gasteiger partial charge in [0.15, 0.2) is 4.96 Å². The van der Waals surface area contributed by atoms with Crippen LogP contribution in [0.2, 0.25) is 0 Å². The van der Waals surface area contributed by atoms with Gasteiger partial charge in [0, 0.05) is 30.3 Å². The second-order valence-corrected chi connectivity index (χ2v) is 7.88. The summed E-state index contributed by atoms with van der Waals surface area (Å²) in [4.78, 5) is 43.0. The van der Waals surface area contributed by atoms with E-state index in [9.17, 15) is 14.4 Å². The van der Waals surface area contributed by atoms with Crippen molar-refractivity contribution in [1.82, 2.24) is 14.3 Å². The second kappa shape index (κ2) is 7.20. The molecule has 3 aromatic rings. The Labute approximate surface area is 161 Å². The van der Waals surface area contributed by atoms with Crippen molar-refractivity contribution in [3.8, 4) is 0 Å². The highest BCUT2D eigenvalue weighted by molar-refractivity contribution is 7.99. The number of furan rings is 1. The van der Waals surface area contributed by atoms with Gasteiger partial charge in [-0.15, -0.1) is 23.1 Å². The van der Waals surface area contributed by atoms with Crippen molar-refractivity contribution in [2.75, 3.05) is 5.75 Å². The van der Waals surface area contributed by atoms with Gasteiger partial charge in [-0.25, -0.2) is 9.78 Å². The minimum Gasteiger partial charge on any atom is -0.466 e. The number of hydrogen-bond acceptors (Lipinski definition) is 8. The highest BCUT2D eigenvalue weighted by Crippen LogP contribution is 2.41. The summed E-state index contributed by atoms with van der Waals surface area (Å²) in [6.07, 6.45) is 3.17. The highest BCUT2D eigenvalue weighted by Gasteiger charge is 2.43. The molecule has 1 aliphatic rings. The zero-order valence-corrected chi connectivity index (χ0v) is 15.9. The fourth-order valence-electron chi connectivity index (χ4n) is 2.93. The van der Waals surface area contributed by atoms with Gasteiger partial charge in [0.1, 0.15) is 23.8 Å². The first kappa shape index (κ1) is 17.8. The van der Waals surface area contributed by atoms with Crippen molar-refractivity contribution >= 4 is 39.9 Å². The zero-order chi connectivity index (χ0) is 19.0. The molecule has 0 aliphatic carbocycles. The van der Waals surface area contributed by atoms with Crippen LogP contribution in [-0.2, 0) is 20.9 Å². The van der Waals surface area contributed by atoms with Gasteiger partial charge in [-0.05, 0) is 12.1 Å². The summed E-state index contributed by atoms with van der Waals surface area (Å²) in [5, 5.41) is 1.40. The lowest BCUT2D eigenvalue weighted by molar-refractivity contribution is -0.154. The van der Waals surface area contributed by atoms with Crippen LogP contribution in [0.1, 0.15) is 23.8 Å². The maximum Gasteiger partial charge on any atom is 0.330 e. The molecule has 0 aromatic carbocycles. The van der Waals surface area contributed by atoms with Gasteiger partial charge < -0.3 is 14.1 Å². The Kier molecular flexibility index (Phi) is 4.75. The number of aromatic nitrogens is 2. The second-order valence-electron chi connectivity index (χ2n) is 5.89. The van der Waals surface area contributed by atoms with Crippen LogP contribution in [0, 0.1) is 0 Å². The number of amides is 1. The van der Waals surface area contributed by atoms with Gasteiger partial charge in [-0.2, -0.15) is 0 Å². The third kappa shape index (κ3) is 3.37. The van der Waals surface area contributed by atoms with E-state index in [-0.39, 0.29) is 23.4 Å². The fourth-order valence-corrected chi connectivity index (χ4v) is 5.08. The molecule has 10 heteroatoms. The predicted octanol–water partition coefficient (Wildman–Crippen LogP) is 2.05. The maximum atomic E-state index is 12.6. The topological polar surface area (TPSA) is 94.1 Å². The molecular weight excluding hydrogens is 390 g/mol. The summed E-state index contributed by atoms with van der Waals surface area (Å²) < 4.78 is 12.2. The molecule has 0 radical (unpaired) electrons. The molecule has 1 amide bonds. The Morgan fingerprint density at radius 2 is 2.30 bits per heavy atom. The quantitative estimate of drug-likeness (QED) is 0.613. The van der Waals surface area contributed by atoms with E-state index in [0.29, 0.717) is 22.2 Å². The van der Waals surface area contributed by atoms with Crippen molar-refractivity contribution in [1.29, 1.82) is 0 Å². The Morgan fingerprint density at radius 3 is 3.04 bits per heavy atom. The Morgan fingerprint density at radius 1 is 1.44 bits per heavy atom. The van der Waals surface area contributed by atoms with Crippen LogP contribution in [0.15, 0.2) is 45.3 Å². The van der Waals surface area contributed by atoms with Crippen molar-refractivity contribution in [3.05, 3.63) is 57.8 Å². The maximum absolute atomic E-state index is 12.6. The van der Waals surface area contributed by atoms with E-state index < -0.39 is 12.0 Å². The smallest absolute Gasteiger partial charge is 0.330 e. The Hall–Kier alpha value is -2.59. The number of ether oxygens (including phenoxy) is 1. The molecule has 1 aliphatic heterocycles. The molecule has 2 atom stereocenters. The molecule has 0 spiro atoms. The van der Waals surface area contributed by atoms with Crippen molar-refractivity contribution in [3.63, 3.8) is 0 Å². The number of rotatable bonds is 4. The molecular formula is C17H15N3O5S2. The van der Waals surface area contributed by atoms with E-state index in [1.54, 1.807) is 23.7 Å². The number of fused-ring (bicyclic) bond motifs is 1. The molecule has 0 bridgehead atoms. The number of thiazole rings is 1. The number of carbonyl (C=O) groups is 2. The monoisotopic (exact) mass is 405 g/mol. The van der Waals surface area contributed by atoms with Crippen LogP contribution in [-0.4, -0.2) is 38.0 Å². The molecule has 4 heterocycles. The Bertz CT molecular complexity index is 1040. The van der Waals surface area contributed by atoms with E-state index in [2.05, 4.69) is 4.98 Å². The minimum absolute atomic E-state index is 0.124. The average Bonchev–Trinajstić information content (AvgIpc) is 3.38. The molecule has 1 fully saturated rings. The normalized spacial score (nSPS) is 19.5. The Balaban J connectivity index is 1.48. The van der Waals surface area contributed by atoms with Crippen molar-refractivity contribution in [2.45, 2.75) is 24.9 Å². The molecule has 0 N–H and O–H groups in total. The minimum atomic E-state index is -0.714. The van der Waals surface area contributed by atoms with Crippen LogP contribution < -0.4 is 5.56 Å². The lowest BCUT2D eigenvalue weighted by Crippen LogP contribution is -2.42. The zero-order valence-electron chi connectivity index (χ0n) is 14.2. The first-order chi connectivity index (χ1) is 13.0. The van der Waals surface area contributed by atoms with Gasteiger partial charge in [0.2, 0.25) is 5.91 Å². The lowest BCUT2D eigenvalue weighted by Gasteiger charge is -2.25. The van der Waals surface area contributed by atoms with Gasteiger partial charge in [-0.1, -0.05) is 0 Å². The summed E-state index contributed by atoms with van der Waals surface area (Å²) in [5.74, 6) is 0.257. The van der Waals surface area contributed by atoms with Crippen LogP contribution >= 0.6 is 23.1 Å². The van der Waals surface area contributed by atoms with E-state index in [1.807, 2.05) is 0 Å². The summed E-state index contributed by atoms with van der Waals surface area (Å²) in [5.41, 5.74) is 0.144. The SMILES string of the molecule is CC(=O)N1[C@@H](c2ccco2)SC[C@H]1C(=O)OCc1cc(=O)n2ccsc2n1. The molecule has 0 unspecified atom stereocenters. The number of esters is 1. The largest absolute Gasteiger partial charge is 0.466 e. The first-order valence-corrected chi connectivity index (χ1v) is 10.0. The third-order valence-electron chi connectivity index (χ3n) is 4.14. The van der Waals surface area contributed by atoms with Crippen LogP contribution in [0.3, 0.4) is 0 Å². The van der Waals surface area contributed by atoms with Gasteiger partial charge in [-0.3, -0.25) is 14.0 Å². The summed E-state index contributed by atoms with van der Waals surface area (Å²) >= 11 is 2.77. The average molecular weight is 405 g/mol. The van der Waals surface area contributed by atoms with Crippen LogP contribution in [0.5, 0.6) is 0 Å². The van der Waals surface area contributed by atoms with Crippen LogP contribution in [0.4, 0.5) is 0 Å². The molecule has 0 saturated carbocycles. The van der Waals surface area contributed by atoms with Crippen molar-refractivity contribution < 1.29 is 18.7 Å².